The summed E-state index contributed by atoms with van der Waals surface area (Å²) in [6, 6.07) is 6.21. The molecule has 0 fully saturated rings. The Hall–Kier alpha value is -1.22. The highest BCUT2D eigenvalue weighted by Gasteiger charge is 2.06. The fraction of sp³-hybridized carbons (Fsp3) is 0.647. The molecule has 0 spiro atoms. The van der Waals surface area contributed by atoms with E-state index in [1.54, 1.807) is 0 Å². The van der Waals surface area contributed by atoms with Gasteiger partial charge in [0, 0.05) is 6.54 Å². The first-order valence-corrected chi connectivity index (χ1v) is 7.76. The van der Waals surface area contributed by atoms with Crippen molar-refractivity contribution < 1.29 is 9.47 Å². The van der Waals surface area contributed by atoms with Gasteiger partial charge in [0.05, 0.1) is 13.2 Å². The van der Waals surface area contributed by atoms with Crippen LogP contribution in [0, 0.1) is 5.92 Å². The number of benzene rings is 1. The quantitative estimate of drug-likeness (QED) is 0.656. The van der Waals surface area contributed by atoms with E-state index in [1.165, 1.54) is 5.56 Å². The number of hydrogen-bond donors (Lipinski definition) is 1. The molecule has 1 aromatic rings. The monoisotopic (exact) mass is 279 g/mol. The number of rotatable bonds is 10. The van der Waals surface area contributed by atoms with Crippen LogP contribution in [0.3, 0.4) is 0 Å². The first-order valence-electron chi connectivity index (χ1n) is 7.76. The van der Waals surface area contributed by atoms with Crippen molar-refractivity contribution in [2.45, 2.75) is 47.1 Å². The van der Waals surface area contributed by atoms with Crippen molar-refractivity contribution in [1.29, 1.82) is 0 Å². The van der Waals surface area contributed by atoms with E-state index in [-0.39, 0.29) is 0 Å². The maximum absolute atomic E-state index is 5.78. The summed E-state index contributed by atoms with van der Waals surface area (Å²) in [5.41, 5.74) is 1.23. The van der Waals surface area contributed by atoms with Gasteiger partial charge in [-0.1, -0.05) is 33.3 Å². The normalized spacial score (nSPS) is 10.8. The Morgan fingerprint density at radius 3 is 2.55 bits per heavy atom. The van der Waals surface area contributed by atoms with Crippen LogP contribution in [0.15, 0.2) is 18.2 Å². The SMILES string of the molecule is CCCCOc1ccc(CNCC(C)C)cc1OCC. The van der Waals surface area contributed by atoms with E-state index in [4.69, 9.17) is 9.47 Å². The Balaban J connectivity index is 2.62. The average molecular weight is 279 g/mol. The lowest BCUT2D eigenvalue weighted by Gasteiger charge is -2.14. The van der Waals surface area contributed by atoms with Gasteiger partial charge in [-0.3, -0.25) is 0 Å². The minimum atomic E-state index is 0.660. The molecule has 0 radical (unpaired) electrons. The molecule has 1 rings (SSSR count). The molecule has 0 aliphatic carbocycles. The topological polar surface area (TPSA) is 30.5 Å². The van der Waals surface area contributed by atoms with Gasteiger partial charge in [-0.05, 0) is 43.5 Å². The zero-order valence-corrected chi connectivity index (χ0v) is 13.4. The smallest absolute Gasteiger partial charge is 0.161 e. The van der Waals surface area contributed by atoms with Crippen LogP contribution in [0.5, 0.6) is 11.5 Å². The van der Waals surface area contributed by atoms with Gasteiger partial charge in [0.15, 0.2) is 11.5 Å². The Bertz CT molecular complexity index is 377. The zero-order valence-electron chi connectivity index (χ0n) is 13.4. The predicted octanol–water partition coefficient (Wildman–Crippen LogP) is 4.01. The molecule has 0 aromatic heterocycles. The number of nitrogens with one attached hydrogen (secondary N) is 1. The van der Waals surface area contributed by atoms with Crippen LogP contribution in [0.4, 0.5) is 0 Å². The lowest BCUT2D eigenvalue weighted by Crippen LogP contribution is -2.19. The van der Waals surface area contributed by atoms with Crippen LogP contribution in [0.1, 0.15) is 46.1 Å². The lowest BCUT2D eigenvalue weighted by molar-refractivity contribution is 0.272. The summed E-state index contributed by atoms with van der Waals surface area (Å²) in [7, 11) is 0. The number of hydrogen-bond acceptors (Lipinski definition) is 3. The minimum absolute atomic E-state index is 0.660. The predicted molar refractivity (Wildman–Crippen MR) is 84.6 cm³/mol. The van der Waals surface area contributed by atoms with Crippen molar-refractivity contribution in [2.24, 2.45) is 5.92 Å². The molecular formula is C17H29NO2. The first kappa shape index (κ1) is 16.8. The van der Waals surface area contributed by atoms with Crippen LogP contribution in [0.25, 0.3) is 0 Å². The van der Waals surface area contributed by atoms with Crippen molar-refractivity contribution in [3.8, 4) is 11.5 Å². The van der Waals surface area contributed by atoms with Gasteiger partial charge in [-0.15, -0.1) is 0 Å². The summed E-state index contributed by atoms with van der Waals surface area (Å²) in [5, 5.41) is 3.45. The molecule has 0 amide bonds. The van der Waals surface area contributed by atoms with Gasteiger partial charge < -0.3 is 14.8 Å². The molecule has 0 saturated heterocycles. The Morgan fingerprint density at radius 2 is 1.90 bits per heavy atom. The highest BCUT2D eigenvalue weighted by Crippen LogP contribution is 2.28. The standard InChI is InChI=1S/C17H29NO2/c1-5-7-10-20-16-9-8-15(11-17(16)19-6-2)13-18-12-14(3)4/h8-9,11,14,18H,5-7,10,12-13H2,1-4H3. The molecule has 0 bridgehead atoms. The van der Waals surface area contributed by atoms with Gasteiger partial charge in [-0.25, -0.2) is 0 Å². The molecule has 0 unspecified atom stereocenters. The first-order chi connectivity index (χ1) is 9.67. The molecule has 0 aliphatic heterocycles. The van der Waals surface area contributed by atoms with E-state index in [1.807, 2.05) is 13.0 Å². The van der Waals surface area contributed by atoms with Crippen LogP contribution in [-0.2, 0) is 6.54 Å². The van der Waals surface area contributed by atoms with Gasteiger partial charge in [0.25, 0.3) is 0 Å². The molecule has 1 N–H and O–H groups in total. The molecule has 3 nitrogen and oxygen atoms in total. The molecule has 0 heterocycles. The summed E-state index contributed by atoms with van der Waals surface area (Å²) in [6.45, 7) is 11.9. The van der Waals surface area contributed by atoms with Gasteiger partial charge in [0.1, 0.15) is 0 Å². The third kappa shape index (κ3) is 6.29. The second kappa shape index (κ2) is 9.65. The highest BCUT2D eigenvalue weighted by atomic mass is 16.5. The molecule has 1 aromatic carbocycles. The van der Waals surface area contributed by atoms with Gasteiger partial charge >= 0.3 is 0 Å². The second-order valence-electron chi connectivity index (χ2n) is 5.44. The fourth-order valence-electron chi connectivity index (χ4n) is 1.88. The van der Waals surface area contributed by atoms with Crippen molar-refractivity contribution >= 4 is 0 Å². The molecule has 0 saturated carbocycles. The third-order valence-electron chi connectivity index (χ3n) is 2.95. The van der Waals surface area contributed by atoms with Crippen molar-refractivity contribution in [2.75, 3.05) is 19.8 Å². The Morgan fingerprint density at radius 1 is 1.10 bits per heavy atom. The van der Waals surface area contributed by atoms with Crippen molar-refractivity contribution in [3.05, 3.63) is 23.8 Å². The lowest BCUT2D eigenvalue weighted by atomic mass is 10.2. The largest absolute Gasteiger partial charge is 0.490 e. The summed E-state index contributed by atoms with van der Waals surface area (Å²) >= 11 is 0. The summed E-state index contributed by atoms with van der Waals surface area (Å²) < 4.78 is 11.5. The van der Waals surface area contributed by atoms with Gasteiger partial charge in [0.2, 0.25) is 0 Å². The van der Waals surface area contributed by atoms with Crippen molar-refractivity contribution in [1.82, 2.24) is 5.32 Å². The molecule has 3 heteroatoms. The van der Waals surface area contributed by atoms with Crippen LogP contribution in [-0.4, -0.2) is 19.8 Å². The fourth-order valence-corrected chi connectivity index (χ4v) is 1.88. The summed E-state index contributed by atoms with van der Waals surface area (Å²) in [6.07, 6.45) is 2.21. The van der Waals surface area contributed by atoms with Gasteiger partial charge in [-0.2, -0.15) is 0 Å². The van der Waals surface area contributed by atoms with E-state index < -0.39 is 0 Å². The van der Waals surface area contributed by atoms with E-state index in [0.29, 0.717) is 12.5 Å². The van der Waals surface area contributed by atoms with Crippen LogP contribution in [0.2, 0.25) is 0 Å². The van der Waals surface area contributed by atoms with E-state index >= 15 is 0 Å². The molecule has 114 valence electrons. The summed E-state index contributed by atoms with van der Waals surface area (Å²) in [4.78, 5) is 0. The maximum Gasteiger partial charge on any atom is 0.161 e. The third-order valence-corrected chi connectivity index (χ3v) is 2.95. The molecular weight excluding hydrogens is 250 g/mol. The molecule has 20 heavy (non-hydrogen) atoms. The molecule has 0 atom stereocenters. The van der Waals surface area contributed by atoms with E-state index in [0.717, 1.165) is 44.0 Å². The van der Waals surface area contributed by atoms with Crippen LogP contribution < -0.4 is 14.8 Å². The average Bonchev–Trinajstić information content (AvgIpc) is 2.41. The van der Waals surface area contributed by atoms with Crippen molar-refractivity contribution in [3.63, 3.8) is 0 Å². The number of ether oxygens (including phenoxy) is 2. The van der Waals surface area contributed by atoms with E-state index in [2.05, 4.69) is 38.2 Å². The highest BCUT2D eigenvalue weighted by molar-refractivity contribution is 5.43. The number of unbranched alkanes of at least 4 members (excludes halogenated alkanes) is 1. The second-order valence-corrected chi connectivity index (χ2v) is 5.44. The minimum Gasteiger partial charge on any atom is -0.490 e. The maximum atomic E-state index is 5.78. The molecule has 0 aliphatic rings. The zero-order chi connectivity index (χ0) is 14.8. The summed E-state index contributed by atoms with van der Waals surface area (Å²) in [5.74, 6) is 2.37. The van der Waals surface area contributed by atoms with E-state index in [9.17, 15) is 0 Å². The Labute approximate surface area is 123 Å². The Kier molecular flexibility index (Phi) is 8.12. The van der Waals surface area contributed by atoms with Crippen LogP contribution >= 0.6 is 0 Å².